The van der Waals surface area contributed by atoms with Gasteiger partial charge in [0.05, 0.1) is 0 Å². The van der Waals surface area contributed by atoms with Crippen molar-refractivity contribution in [2.75, 3.05) is 0 Å². The van der Waals surface area contributed by atoms with Gasteiger partial charge in [-0.15, -0.1) is 0 Å². The molecule has 0 radical (unpaired) electrons. The molecule has 1 rings (SSSR count). The quantitative estimate of drug-likeness (QED) is 0.796. The summed E-state index contributed by atoms with van der Waals surface area (Å²) >= 11 is 5.94. The summed E-state index contributed by atoms with van der Waals surface area (Å²) in [5.41, 5.74) is -0.381. The predicted octanol–water partition coefficient (Wildman–Crippen LogP) is 3.28. The van der Waals surface area contributed by atoms with Crippen molar-refractivity contribution in [2.24, 2.45) is 0 Å². The highest BCUT2D eigenvalue weighted by molar-refractivity contribution is 6.30. The van der Waals surface area contributed by atoms with Crippen LogP contribution in [0.2, 0.25) is 5.02 Å². The van der Waals surface area contributed by atoms with Gasteiger partial charge in [-0.25, -0.2) is 0 Å². The average molecular weight is 242 g/mol. The molecule has 0 spiro atoms. The lowest BCUT2D eigenvalue weighted by Gasteiger charge is -2.36. The molecule has 0 saturated heterocycles. The highest BCUT2D eigenvalue weighted by Gasteiger charge is 2.31. The maximum Gasteiger partial charge on any atom is 0.142 e. The lowest BCUT2D eigenvalue weighted by molar-refractivity contribution is -0.0260. The van der Waals surface area contributed by atoms with Crippen LogP contribution in [0.5, 0.6) is 0 Å². The molecule has 1 unspecified atom stereocenters. The molecule has 0 fully saturated rings. The summed E-state index contributed by atoms with van der Waals surface area (Å²) in [6, 6.07) is 7.33. The van der Waals surface area contributed by atoms with Gasteiger partial charge in [-0.2, -0.15) is 0 Å². The first-order valence-corrected chi connectivity index (χ1v) is 5.92. The molecule has 0 heterocycles. The molecule has 1 aromatic carbocycles. The Balaban J connectivity index is 3.05. The molecule has 3 heteroatoms. The zero-order chi connectivity index (χ0) is 12.4. The smallest absolute Gasteiger partial charge is 0.142 e. The van der Waals surface area contributed by atoms with E-state index in [0.29, 0.717) is 11.4 Å². The van der Waals surface area contributed by atoms with Crippen LogP contribution in [0.4, 0.5) is 0 Å². The van der Waals surface area contributed by atoms with Crippen molar-refractivity contribution in [2.45, 2.75) is 45.4 Å². The van der Waals surface area contributed by atoms with Gasteiger partial charge in [-0.05, 0) is 44.9 Å². The lowest BCUT2D eigenvalue weighted by atomic mass is 9.96. The number of hydrogen-bond donors (Lipinski definition) is 2. The first-order chi connectivity index (χ1) is 7.27. The van der Waals surface area contributed by atoms with Crippen molar-refractivity contribution in [3.63, 3.8) is 0 Å². The van der Waals surface area contributed by atoms with Crippen LogP contribution in [-0.2, 0) is 5.72 Å². The third-order valence-electron chi connectivity index (χ3n) is 2.40. The van der Waals surface area contributed by atoms with E-state index in [9.17, 15) is 5.11 Å². The number of benzene rings is 1. The van der Waals surface area contributed by atoms with Crippen molar-refractivity contribution >= 4 is 11.6 Å². The fourth-order valence-electron chi connectivity index (χ4n) is 1.73. The highest BCUT2D eigenvalue weighted by Crippen LogP contribution is 2.26. The summed E-state index contributed by atoms with van der Waals surface area (Å²) in [6.07, 6.45) is 0.588. The zero-order valence-electron chi connectivity index (χ0n) is 10.3. The zero-order valence-corrected chi connectivity index (χ0v) is 11.1. The van der Waals surface area contributed by atoms with Crippen molar-refractivity contribution in [3.8, 4) is 0 Å². The predicted molar refractivity (Wildman–Crippen MR) is 68.5 cm³/mol. The molecule has 0 amide bonds. The fraction of sp³-hybridized carbons (Fsp3) is 0.538. The van der Waals surface area contributed by atoms with E-state index in [4.69, 9.17) is 11.6 Å². The Kier molecular flexibility index (Phi) is 4.00. The van der Waals surface area contributed by atoms with Crippen LogP contribution in [0.15, 0.2) is 24.3 Å². The standard InChI is InChI=1S/C13H20ClNO/c1-5-13(16,15-12(2,3)4)10-7-6-8-11(14)9-10/h6-9,15-16H,5H2,1-4H3. The molecular weight excluding hydrogens is 222 g/mol. The third kappa shape index (κ3) is 3.48. The number of halogens is 1. The summed E-state index contributed by atoms with van der Waals surface area (Å²) in [6.45, 7) is 8.02. The van der Waals surface area contributed by atoms with Crippen molar-refractivity contribution < 1.29 is 5.11 Å². The molecule has 2 N–H and O–H groups in total. The number of nitrogens with one attached hydrogen (secondary N) is 1. The first-order valence-electron chi connectivity index (χ1n) is 5.54. The summed E-state index contributed by atoms with van der Waals surface area (Å²) in [7, 11) is 0. The van der Waals surface area contributed by atoms with Gasteiger partial charge in [-0.3, -0.25) is 5.32 Å². The molecule has 16 heavy (non-hydrogen) atoms. The molecule has 0 aliphatic heterocycles. The Morgan fingerprint density at radius 3 is 2.38 bits per heavy atom. The minimum atomic E-state index is -1.02. The lowest BCUT2D eigenvalue weighted by Crippen LogP contribution is -2.51. The molecule has 0 aliphatic carbocycles. The van der Waals surface area contributed by atoms with Crippen LogP contribution in [0, 0.1) is 0 Å². The number of rotatable bonds is 3. The van der Waals surface area contributed by atoms with Crippen LogP contribution in [0.3, 0.4) is 0 Å². The summed E-state index contributed by atoms with van der Waals surface area (Å²) in [5, 5.41) is 14.4. The Morgan fingerprint density at radius 2 is 1.94 bits per heavy atom. The molecule has 0 aliphatic rings. The topological polar surface area (TPSA) is 32.3 Å². The van der Waals surface area contributed by atoms with E-state index >= 15 is 0 Å². The molecular formula is C13H20ClNO. The van der Waals surface area contributed by atoms with Gasteiger partial charge in [0.1, 0.15) is 5.72 Å². The van der Waals surface area contributed by atoms with Crippen molar-refractivity contribution in [1.29, 1.82) is 0 Å². The van der Waals surface area contributed by atoms with Gasteiger partial charge in [0, 0.05) is 10.6 Å². The summed E-state index contributed by atoms with van der Waals surface area (Å²) in [5.74, 6) is 0. The van der Waals surface area contributed by atoms with Gasteiger partial charge in [-0.1, -0.05) is 30.7 Å². The van der Waals surface area contributed by atoms with E-state index in [1.165, 1.54) is 0 Å². The van der Waals surface area contributed by atoms with Crippen LogP contribution < -0.4 is 5.32 Å². The van der Waals surface area contributed by atoms with E-state index < -0.39 is 5.72 Å². The van der Waals surface area contributed by atoms with E-state index in [-0.39, 0.29) is 5.54 Å². The Bertz CT molecular complexity index is 359. The largest absolute Gasteiger partial charge is 0.372 e. The highest BCUT2D eigenvalue weighted by atomic mass is 35.5. The van der Waals surface area contributed by atoms with E-state index in [2.05, 4.69) is 5.32 Å². The van der Waals surface area contributed by atoms with Crippen molar-refractivity contribution in [1.82, 2.24) is 5.32 Å². The molecule has 90 valence electrons. The van der Waals surface area contributed by atoms with Gasteiger partial charge >= 0.3 is 0 Å². The maximum absolute atomic E-state index is 10.6. The number of hydrogen-bond acceptors (Lipinski definition) is 2. The third-order valence-corrected chi connectivity index (χ3v) is 2.63. The Hall–Kier alpha value is -0.570. The minimum Gasteiger partial charge on any atom is -0.372 e. The second-order valence-corrected chi connectivity index (χ2v) is 5.54. The average Bonchev–Trinajstić information content (AvgIpc) is 2.15. The van der Waals surface area contributed by atoms with Crippen molar-refractivity contribution in [3.05, 3.63) is 34.9 Å². The monoisotopic (exact) mass is 241 g/mol. The normalized spacial score (nSPS) is 15.9. The van der Waals surface area contributed by atoms with Gasteiger partial charge < -0.3 is 5.11 Å². The van der Waals surface area contributed by atoms with E-state index in [1.807, 2.05) is 39.8 Å². The second-order valence-electron chi connectivity index (χ2n) is 5.10. The van der Waals surface area contributed by atoms with Gasteiger partial charge in [0.2, 0.25) is 0 Å². The molecule has 0 aromatic heterocycles. The Labute approximate surface area is 103 Å². The van der Waals surface area contributed by atoms with Crippen LogP contribution in [-0.4, -0.2) is 10.6 Å². The van der Waals surface area contributed by atoms with Gasteiger partial charge in [0.15, 0.2) is 0 Å². The van der Waals surface area contributed by atoms with Crippen LogP contribution in [0.25, 0.3) is 0 Å². The molecule has 0 saturated carbocycles. The Morgan fingerprint density at radius 1 is 1.31 bits per heavy atom. The minimum absolute atomic E-state index is 0.160. The summed E-state index contributed by atoms with van der Waals surface area (Å²) in [4.78, 5) is 0. The fourth-order valence-corrected chi connectivity index (χ4v) is 1.92. The van der Waals surface area contributed by atoms with E-state index in [0.717, 1.165) is 5.56 Å². The van der Waals surface area contributed by atoms with Gasteiger partial charge in [0.25, 0.3) is 0 Å². The molecule has 2 nitrogen and oxygen atoms in total. The molecule has 1 aromatic rings. The van der Waals surface area contributed by atoms with Crippen LogP contribution in [0.1, 0.15) is 39.7 Å². The molecule has 0 bridgehead atoms. The maximum atomic E-state index is 10.6. The van der Waals surface area contributed by atoms with E-state index in [1.54, 1.807) is 12.1 Å². The summed E-state index contributed by atoms with van der Waals surface area (Å²) < 4.78 is 0. The first kappa shape index (κ1) is 13.5. The second kappa shape index (κ2) is 4.74. The van der Waals surface area contributed by atoms with Crippen LogP contribution >= 0.6 is 11.6 Å². The SMILES string of the molecule is CCC(O)(NC(C)(C)C)c1cccc(Cl)c1. The molecule has 1 atom stereocenters. The number of aliphatic hydroxyl groups is 1.